The molecule has 0 aliphatic heterocycles. The van der Waals surface area contributed by atoms with E-state index in [1.165, 1.54) is 32.4 Å². The van der Waals surface area contributed by atoms with Gasteiger partial charge in [-0.1, -0.05) is 0 Å². The van der Waals surface area contributed by atoms with Crippen LogP contribution in [0.1, 0.15) is 10.4 Å². The maximum absolute atomic E-state index is 10.9. The fraction of sp³-hybridized carbons (Fsp3) is 0.200. The second-order valence-corrected chi connectivity index (χ2v) is 2.73. The van der Waals surface area contributed by atoms with E-state index >= 15 is 0 Å². The van der Waals surface area contributed by atoms with Gasteiger partial charge in [0, 0.05) is 0 Å². The zero-order valence-corrected chi connectivity index (χ0v) is 8.72. The summed E-state index contributed by atoms with van der Waals surface area (Å²) in [6, 6.07) is 3.86. The number of methoxy groups -OCH3 is 2. The van der Waals surface area contributed by atoms with Crippen LogP contribution in [0.2, 0.25) is 0 Å². The number of carboxylic acid groups (broad SMARTS) is 1. The first kappa shape index (κ1) is 11.8. The van der Waals surface area contributed by atoms with E-state index in [4.69, 9.17) is 14.6 Å². The highest BCUT2D eigenvalue weighted by atomic mass is 16.7. The minimum Gasteiger partial charge on any atom is -0.493 e. The van der Waals surface area contributed by atoms with Crippen LogP contribution in [0, 0.1) is 0 Å². The number of aromatic carboxylic acids is 1. The van der Waals surface area contributed by atoms with Crippen LogP contribution in [0.4, 0.5) is 4.79 Å². The minimum absolute atomic E-state index is 0.0362. The van der Waals surface area contributed by atoms with Gasteiger partial charge >= 0.3 is 12.1 Å². The minimum atomic E-state index is -1.09. The SMILES string of the molecule is COC(=O)Oc1ccc(C(=O)O)cc1OC. The van der Waals surface area contributed by atoms with Gasteiger partial charge in [-0.25, -0.2) is 9.59 Å². The van der Waals surface area contributed by atoms with E-state index in [1.807, 2.05) is 0 Å². The third-order valence-electron chi connectivity index (χ3n) is 1.77. The number of rotatable bonds is 3. The molecule has 1 N–H and O–H groups in total. The topological polar surface area (TPSA) is 82.1 Å². The molecule has 1 rings (SSSR count). The van der Waals surface area contributed by atoms with Crippen LogP contribution in [-0.2, 0) is 4.74 Å². The van der Waals surface area contributed by atoms with Crippen molar-refractivity contribution in [2.45, 2.75) is 0 Å². The molecule has 0 aromatic heterocycles. The number of ether oxygens (including phenoxy) is 3. The summed E-state index contributed by atoms with van der Waals surface area (Å²) < 4.78 is 13.9. The quantitative estimate of drug-likeness (QED) is 0.621. The van der Waals surface area contributed by atoms with Crippen LogP contribution in [0.25, 0.3) is 0 Å². The molecule has 0 fully saturated rings. The molecule has 0 aliphatic carbocycles. The zero-order chi connectivity index (χ0) is 12.1. The lowest BCUT2D eigenvalue weighted by molar-refractivity contribution is 0.0696. The van der Waals surface area contributed by atoms with E-state index in [2.05, 4.69) is 4.74 Å². The molecule has 0 unspecified atom stereocenters. The Hall–Kier alpha value is -2.24. The molecule has 86 valence electrons. The van der Waals surface area contributed by atoms with Crippen LogP contribution < -0.4 is 9.47 Å². The third-order valence-corrected chi connectivity index (χ3v) is 1.77. The van der Waals surface area contributed by atoms with Crippen molar-refractivity contribution in [3.05, 3.63) is 23.8 Å². The molecule has 0 atom stereocenters. The Morgan fingerprint density at radius 2 is 1.88 bits per heavy atom. The van der Waals surface area contributed by atoms with Crippen molar-refractivity contribution in [3.8, 4) is 11.5 Å². The molecule has 0 bridgehead atoms. The van der Waals surface area contributed by atoms with Gasteiger partial charge in [-0.05, 0) is 18.2 Å². The summed E-state index contributed by atoms with van der Waals surface area (Å²) in [6.07, 6.45) is -0.902. The van der Waals surface area contributed by atoms with Crippen LogP contribution in [0.15, 0.2) is 18.2 Å². The average molecular weight is 226 g/mol. The molecule has 16 heavy (non-hydrogen) atoms. The van der Waals surface area contributed by atoms with Crippen molar-refractivity contribution >= 4 is 12.1 Å². The van der Waals surface area contributed by atoms with Gasteiger partial charge in [0.05, 0.1) is 19.8 Å². The average Bonchev–Trinajstić information content (AvgIpc) is 2.29. The molecule has 6 heteroatoms. The van der Waals surface area contributed by atoms with Crippen molar-refractivity contribution in [2.24, 2.45) is 0 Å². The summed E-state index contributed by atoms with van der Waals surface area (Å²) in [4.78, 5) is 21.5. The summed E-state index contributed by atoms with van der Waals surface area (Å²) in [5.74, 6) is -0.854. The smallest absolute Gasteiger partial charge is 0.493 e. The Morgan fingerprint density at radius 3 is 2.38 bits per heavy atom. The van der Waals surface area contributed by atoms with Gasteiger partial charge in [0.2, 0.25) is 0 Å². The Balaban J connectivity index is 3.02. The van der Waals surface area contributed by atoms with E-state index in [1.54, 1.807) is 0 Å². The summed E-state index contributed by atoms with van der Waals surface area (Å²) in [5, 5.41) is 8.74. The molecule has 0 saturated carbocycles. The predicted octanol–water partition coefficient (Wildman–Crippen LogP) is 1.54. The molecule has 1 aromatic rings. The van der Waals surface area contributed by atoms with Crippen molar-refractivity contribution in [2.75, 3.05) is 14.2 Å². The number of hydrogen-bond donors (Lipinski definition) is 1. The van der Waals surface area contributed by atoms with Gasteiger partial charge in [-0.3, -0.25) is 0 Å². The summed E-state index contributed by atoms with van der Waals surface area (Å²) in [6.45, 7) is 0. The molecule has 1 aromatic carbocycles. The predicted molar refractivity (Wildman–Crippen MR) is 53.0 cm³/mol. The molecule has 0 spiro atoms. The van der Waals surface area contributed by atoms with E-state index < -0.39 is 12.1 Å². The number of benzene rings is 1. The number of carbonyl (C=O) groups is 2. The van der Waals surface area contributed by atoms with Crippen molar-refractivity contribution in [1.29, 1.82) is 0 Å². The molecule has 0 heterocycles. The fourth-order valence-electron chi connectivity index (χ4n) is 1.02. The Labute approximate surface area is 91.3 Å². The molecule has 0 amide bonds. The second-order valence-electron chi connectivity index (χ2n) is 2.73. The van der Waals surface area contributed by atoms with Gasteiger partial charge in [-0.15, -0.1) is 0 Å². The maximum Gasteiger partial charge on any atom is 0.513 e. The number of hydrogen-bond acceptors (Lipinski definition) is 5. The van der Waals surface area contributed by atoms with E-state index in [9.17, 15) is 9.59 Å². The van der Waals surface area contributed by atoms with Gasteiger partial charge in [0.15, 0.2) is 11.5 Å². The van der Waals surface area contributed by atoms with Crippen LogP contribution in [0.3, 0.4) is 0 Å². The number of carboxylic acids is 1. The van der Waals surface area contributed by atoms with Gasteiger partial charge in [-0.2, -0.15) is 0 Å². The second kappa shape index (κ2) is 5.01. The Bertz CT molecular complexity index is 412. The van der Waals surface area contributed by atoms with E-state index in [-0.39, 0.29) is 17.1 Å². The van der Waals surface area contributed by atoms with Gasteiger partial charge < -0.3 is 19.3 Å². The molecular formula is C10H10O6. The third kappa shape index (κ3) is 2.63. The van der Waals surface area contributed by atoms with Crippen molar-refractivity contribution in [3.63, 3.8) is 0 Å². The van der Waals surface area contributed by atoms with Crippen LogP contribution in [0.5, 0.6) is 11.5 Å². The highest BCUT2D eigenvalue weighted by Gasteiger charge is 2.13. The van der Waals surface area contributed by atoms with Crippen LogP contribution in [-0.4, -0.2) is 31.5 Å². The first-order chi connectivity index (χ1) is 7.58. The van der Waals surface area contributed by atoms with Gasteiger partial charge in [0.1, 0.15) is 0 Å². The standard InChI is InChI=1S/C10H10O6/c1-14-8-5-6(9(11)12)3-4-7(8)16-10(13)15-2/h3-5H,1-2H3,(H,11,12). The molecule has 0 aliphatic rings. The monoisotopic (exact) mass is 226 g/mol. The maximum atomic E-state index is 10.9. The molecule has 0 radical (unpaired) electrons. The number of carbonyl (C=O) groups excluding carboxylic acids is 1. The van der Waals surface area contributed by atoms with E-state index in [0.717, 1.165) is 0 Å². The Morgan fingerprint density at radius 1 is 1.19 bits per heavy atom. The largest absolute Gasteiger partial charge is 0.513 e. The molecule has 6 nitrogen and oxygen atoms in total. The van der Waals surface area contributed by atoms with Crippen molar-refractivity contribution < 1.29 is 28.9 Å². The summed E-state index contributed by atoms with van der Waals surface area (Å²) in [5.41, 5.74) is 0.0362. The first-order valence-electron chi connectivity index (χ1n) is 4.25. The van der Waals surface area contributed by atoms with Gasteiger partial charge in [0.25, 0.3) is 0 Å². The highest BCUT2D eigenvalue weighted by Crippen LogP contribution is 2.28. The lowest BCUT2D eigenvalue weighted by Crippen LogP contribution is -2.08. The summed E-state index contributed by atoms with van der Waals surface area (Å²) >= 11 is 0. The van der Waals surface area contributed by atoms with Crippen LogP contribution >= 0.6 is 0 Å². The lowest BCUT2D eigenvalue weighted by atomic mass is 10.2. The molecule has 0 saturated heterocycles. The first-order valence-corrected chi connectivity index (χ1v) is 4.25. The van der Waals surface area contributed by atoms with E-state index in [0.29, 0.717) is 0 Å². The highest BCUT2D eigenvalue weighted by molar-refractivity contribution is 5.88. The lowest BCUT2D eigenvalue weighted by Gasteiger charge is -2.08. The molecular weight excluding hydrogens is 216 g/mol. The zero-order valence-electron chi connectivity index (χ0n) is 8.72. The fourth-order valence-corrected chi connectivity index (χ4v) is 1.02. The summed E-state index contributed by atoms with van der Waals surface area (Å²) in [7, 11) is 2.51. The van der Waals surface area contributed by atoms with Crippen molar-refractivity contribution in [1.82, 2.24) is 0 Å². The normalized spacial score (nSPS) is 9.38. The Kier molecular flexibility index (Phi) is 3.71.